The van der Waals surface area contributed by atoms with E-state index in [2.05, 4.69) is 25.1 Å². The molecule has 0 saturated heterocycles. The number of anilines is 1. The highest BCUT2D eigenvalue weighted by molar-refractivity contribution is 5.88. The molecule has 7 heteroatoms. The van der Waals surface area contributed by atoms with Gasteiger partial charge < -0.3 is 10.1 Å². The van der Waals surface area contributed by atoms with Gasteiger partial charge in [-0.05, 0) is 12.1 Å². The molecule has 0 aliphatic rings. The van der Waals surface area contributed by atoms with E-state index in [-0.39, 0.29) is 5.69 Å². The summed E-state index contributed by atoms with van der Waals surface area (Å²) in [5.41, 5.74) is 1.02. The molecule has 7 nitrogen and oxygen atoms in total. The average molecular weight is 247 g/mol. The minimum Gasteiger partial charge on any atom is -0.464 e. The first kappa shape index (κ1) is 12.0. The van der Waals surface area contributed by atoms with E-state index in [4.69, 9.17) is 0 Å². The maximum atomic E-state index is 11.3. The van der Waals surface area contributed by atoms with Gasteiger partial charge in [0.05, 0.1) is 13.7 Å². The number of carbonyl (C=O) groups excluding carboxylic acids is 1. The summed E-state index contributed by atoms with van der Waals surface area (Å²) in [5, 5.41) is 7.24. The monoisotopic (exact) mass is 247 g/mol. The molecule has 0 radical (unpaired) electrons. The van der Waals surface area contributed by atoms with Gasteiger partial charge in [0.2, 0.25) is 0 Å². The van der Waals surface area contributed by atoms with Gasteiger partial charge in [0.1, 0.15) is 12.0 Å². The van der Waals surface area contributed by atoms with Crippen molar-refractivity contribution in [2.75, 3.05) is 12.4 Å². The van der Waals surface area contributed by atoms with Crippen LogP contribution in [0.15, 0.2) is 24.7 Å². The smallest absolute Gasteiger partial charge is 0.356 e. The van der Waals surface area contributed by atoms with Gasteiger partial charge in [-0.3, -0.25) is 4.68 Å². The molecule has 0 unspecified atom stereocenters. The van der Waals surface area contributed by atoms with E-state index in [1.54, 1.807) is 36.4 Å². The van der Waals surface area contributed by atoms with Crippen LogP contribution in [0.5, 0.6) is 0 Å². The molecule has 0 aromatic carbocycles. The van der Waals surface area contributed by atoms with E-state index in [0.29, 0.717) is 12.4 Å². The zero-order valence-electron chi connectivity index (χ0n) is 10.1. The Bertz CT molecular complexity index is 552. The topological polar surface area (TPSA) is 81.9 Å². The molecule has 0 aliphatic carbocycles. The van der Waals surface area contributed by atoms with E-state index in [1.165, 1.54) is 7.11 Å². The lowest BCUT2D eigenvalue weighted by Crippen LogP contribution is -2.06. The lowest BCUT2D eigenvalue weighted by molar-refractivity contribution is 0.0594. The number of esters is 1. The number of nitrogens with one attached hydrogen (secondary N) is 1. The molecule has 1 N–H and O–H groups in total. The number of carbonyl (C=O) groups is 1. The first-order valence-corrected chi connectivity index (χ1v) is 5.32. The molecule has 18 heavy (non-hydrogen) atoms. The first-order chi connectivity index (χ1) is 8.69. The fraction of sp³-hybridized carbons (Fsp3) is 0.273. The maximum absolute atomic E-state index is 11.3. The van der Waals surface area contributed by atoms with Gasteiger partial charge >= 0.3 is 5.97 Å². The number of hydrogen-bond acceptors (Lipinski definition) is 6. The molecule has 0 fully saturated rings. The van der Waals surface area contributed by atoms with E-state index in [1.807, 2.05) is 0 Å². The molecule has 2 aromatic heterocycles. The van der Waals surface area contributed by atoms with E-state index >= 15 is 0 Å². The fourth-order valence-electron chi connectivity index (χ4n) is 1.40. The Kier molecular flexibility index (Phi) is 3.52. The zero-order valence-corrected chi connectivity index (χ0v) is 10.1. The molecular formula is C11H13N5O2. The largest absolute Gasteiger partial charge is 0.464 e. The molecule has 2 heterocycles. The lowest BCUT2D eigenvalue weighted by atomic mass is 10.3. The Morgan fingerprint density at radius 2 is 2.33 bits per heavy atom. The van der Waals surface area contributed by atoms with Crippen molar-refractivity contribution in [1.29, 1.82) is 0 Å². The first-order valence-electron chi connectivity index (χ1n) is 5.32. The third kappa shape index (κ3) is 2.82. The van der Waals surface area contributed by atoms with Gasteiger partial charge in [0.15, 0.2) is 5.82 Å². The van der Waals surface area contributed by atoms with Gasteiger partial charge in [-0.15, -0.1) is 0 Å². The summed E-state index contributed by atoms with van der Waals surface area (Å²) in [6.45, 7) is 0.478. The Labute approximate surface area is 104 Å². The second-order valence-electron chi connectivity index (χ2n) is 3.61. The highest BCUT2D eigenvalue weighted by atomic mass is 16.5. The number of nitrogens with zero attached hydrogens (tertiary/aromatic N) is 4. The van der Waals surface area contributed by atoms with Gasteiger partial charge in [-0.1, -0.05) is 0 Å². The number of rotatable bonds is 4. The van der Waals surface area contributed by atoms with Gasteiger partial charge in [-0.2, -0.15) is 5.10 Å². The van der Waals surface area contributed by atoms with Gasteiger partial charge in [0.25, 0.3) is 0 Å². The molecule has 0 atom stereocenters. The number of pyridine rings is 1. The average Bonchev–Trinajstić information content (AvgIpc) is 2.81. The van der Waals surface area contributed by atoms with Crippen molar-refractivity contribution in [2.45, 2.75) is 6.54 Å². The van der Waals surface area contributed by atoms with Crippen LogP contribution in [-0.4, -0.2) is 32.8 Å². The summed E-state index contributed by atoms with van der Waals surface area (Å²) in [7, 11) is 3.13. The number of methoxy groups -OCH3 is 1. The van der Waals surface area contributed by atoms with Crippen molar-refractivity contribution < 1.29 is 9.53 Å². The SMILES string of the molecule is COC(=O)c1cc(NCc2ncn(C)n2)ccn1. The van der Waals surface area contributed by atoms with Crippen LogP contribution >= 0.6 is 0 Å². The molecule has 94 valence electrons. The van der Waals surface area contributed by atoms with E-state index in [0.717, 1.165) is 5.69 Å². The molecule has 0 spiro atoms. The van der Waals surface area contributed by atoms with Crippen LogP contribution in [0.4, 0.5) is 5.69 Å². The van der Waals surface area contributed by atoms with Gasteiger partial charge in [-0.25, -0.2) is 14.8 Å². The van der Waals surface area contributed by atoms with Crippen molar-refractivity contribution in [2.24, 2.45) is 7.05 Å². The van der Waals surface area contributed by atoms with Crippen LogP contribution in [0.25, 0.3) is 0 Å². The standard InChI is InChI=1S/C11H13N5O2/c1-16-7-14-10(15-16)6-13-8-3-4-12-9(5-8)11(17)18-2/h3-5,7H,6H2,1-2H3,(H,12,13). The van der Waals surface area contributed by atoms with Crippen molar-refractivity contribution in [3.63, 3.8) is 0 Å². The number of aryl methyl sites for hydroxylation is 1. The van der Waals surface area contributed by atoms with E-state index in [9.17, 15) is 4.79 Å². The number of hydrogen-bond donors (Lipinski definition) is 1. The third-order valence-electron chi connectivity index (χ3n) is 2.25. The van der Waals surface area contributed by atoms with Crippen LogP contribution in [-0.2, 0) is 18.3 Å². The van der Waals surface area contributed by atoms with Crippen molar-refractivity contribution in [3.05, 3.63) is 36.2 Å². The quantitative estimate of drug-likeness (QED) is 0.797. The van der Waals surface area contributed by atoms with Crippen molar-refractivity contribution in [3.8, 4) is 0 Å². The predicted octanol–water partition coefficient (Wildman–Crippen LogP) is 0.609. The Morgan fingerprint density at radius 3 is 3.00 bits per heavy atom. The second kappa shape index (κ2) is 5.26. The highest BCUT2D eigenvalue weighted by Gasteiger charge is 2.07. The molecular weight excluding hydrogens is 234 g/mol. The predicted molar refractivity (Wildman–Crippen MR) is 63.9 cm³/mol. The Balaban J connectivity index is 2.03. The molecule has 0 saturated carbocycles. The lowest BCUT2D eigenvalue weighted by Gasteiger charge is -2.04. The van der Waals surface area contributed by atoms with Gasteiger partial charge in [0, 0.05) is 18.9 Å². The normalized spacial score (nSPS) is 10.1. The van der Waals surface area contributed by atoms with Crippen LogP contribution in [0.3, 0.4) is 0 Å². The minimum atomic E-state index is -0.463. The molecule has 0 aliphatic heterocycles. The third-order valence-corrected chi connectivity index (χ3v) is 2.25. The fourth-order valence-corrected chi connectivity index (χ4v) is 1.40. The maximum Gasteiger partial charge on any atom is 0.356 e. The summed E-state index contributed by atoms with van der Waals surface area (Å²) < 4.78 is 6.23. The summed E-state index contributed by atoms with van der Waals surface area (Å²) in [5.74, 6) is 0.212. The summed E-state index contributed by atoms with van der Waals surface area (Å²) >= 11 is 0. The zero-order chi connectivity index (χ0) is 13.0. The molecule has 0 amide bonds. The molecule has 0 bridgehead atoms. The summed E-state index contributed by atoms with van der Waals surface area (Å²) in [4.78, 5) is 19.3. The van der Waals surface area contributed by atoms with E-state index < -0.39 is 5.97 Å². The Hall–Kier alpha value is -2.44. The molecule has 2 aromatic rings. The van der Waals surface area contributed by atoms with Crippen LogP contribution in [0, 0.1) is 0 Å². The van der Waals surface area contributed by atoms with Crippen LogP contribution in [0.2, 0.25) is 0 Å². The minimum absolute atomic E-state index is 0.261. The summed E-state index contributed by atoms with van der Waals surface area (Å²) in [6, 6.07) is 3.38. The highest BCUT2D eigenvalue weighted by Crippen LogP contribution is 2.09. The summed E-state index contributed by atoms with van der Waals surface area (Å²) in [6.07, 6.45) is 3.17. The van der Waals surface area contributed by atoms with Crippen molar-refractivity contribution in [1.82, 2.24) is 19.7 Å². The van der Waals surface area contributed by atoms with Crippen LogP contribution in [0.1, 0.15) is 16.3 Å². The number of aromatic nitrogens is 4. The van der Waals surface area contributed by atoms with Crippen molar-refractivity contribution >= 4 is 11.7 Å². The second-order valence-corrected chi connectivity index (χ2v) is 3.61. The number of ether oxygens (including phenoxy) is 1. The van der Waals surface area contributed by atoms with Crippen LogP contribution < -0.4 is 5.32 Å². The Morgan fingerprint density at radius 1 is 1.50 bits per heavy atom. The molecule has 2 rings (SSSR count).